The molecule has 0 radical (unpaired) electrons. The maximum atomic E-state index is 13.0. The smallest absolute Gasteiger partial charge is 0.243 e. The first-order chi connectivity index (χ1) is 18.0. The number of carbonyl (C=O) groups excluding carboxylic acids is 7. The molecule has 0 spiro atoms. The van der Waals surface area contributed by atoms with E-state index in [4.69, 9.17) is 5.73 Å². The number of benzene rings is 1. The van der Waals surface area contributed by atoms with Crippen LogP contribution in [-0.2, 0) is 40.0 Å². The highest BCUT2D eigenvalue weighted by molar-refractivity contribution is 5.94. The highest BCUT2D eigenvalue weighted by atomic mass is 16.2. The molecule has 1 heterocycles. The Balaban J connectivity index is 2.21. The second-order valence-corrected chi connectivity index (χ2v) is 8.70. The van der Waals surface area contributed by atoms with Crippen LogP contribution in [0.25, 0.3) is 0 Å². The van der Waals surface area contributed by atoms with Gasteiger partial charge in [-0.2, -0.15) is 0 Å². The van der Waals surface area contributed by atoms with Crippen molar-refractivity contribution in [2.24, 2.45) is 5.73 Å². The molecule has 14 nitrogen and oxygen atoms in total. The van der Waals surface area contributed by atoms with Crippen molar-refractivity contribution in [2.45, 2.75) is 50.7 Å². The van der Waals surface area contributed by atoms with Crippen LogP contribution in [0, 0.1) is 0 Å². The maximum absolute atomic E-state index is 13.0. The Hall–Kier alpha value is -4.49. The molecule has 1 aromatic rings. The van der Waals surface area contributed by atoms with Crippen LogP contribution in [0.2, 0.25) is 0 Å². The molecule has 0 bridgehead atoms. The fourth-order valence-electron chi connectivity index (χ4n) is 3.59. The lowest BCUT2D eigenvalue weighted by atomic mass is 10.0. The summed E-state index contributed by atoms with van der Waals surface area (Å²) in [6.07, 6.45) is -0.179. The zero-order valence-corrected chi connectivity index (χ0v) is 21.0. The van der Waals surface area contributed by atoms with Crippen LogP contribution >= 0.6 is 0 Å². The minimum absolute atomic E-state index is 0.00379. The summed E-state index contributed by atoms with van der Waals surface area (Å²) in [6, 6.07) is 5.46. The molecule has 1 aromatic carbocycles. The number of carbonyl (C=O) groups is 7. The Bertz CT molecular complexity index is 1050. The second-order valence-electron chi connectivity index (χ2n) is 8.70. The van der Waals surface area contributed by atoms with Gasteiger partial charge in [0.2, 0.25) is 41.4 Å². The lowest BCUT2D eigenvalue weighted by molar-refractivity contribution is -0.133. The van der Waals surface area contributed by atoms with Crippen molar-refractivity contribution in [1.29, 1.82) is 0 Å². The fraction of sp³-hybridized carbons (Fsp3) is 0.458. The van der Waals surface area contributed by atoms with E-state index in [-0.39, 0.29) is 38.8 Å². The second kappa shape index (κ2) is 14.9. The number of amides is 7. The van der Waals surface area contributed by atoms with Gasteiger partial charge in [0.15, 0.2) is 0 Å². The number of rotatable bonds is 6. The molecular weight excluding hydrogens is 498 g/mol. The van der Waals surface area contributed by atoms with Gasteiger partial charge in [-0.05, 0) is 18.4 Å². The summed E-state index contributed by atoms with van der Waals surface area (Å²) in [7, 11) is 0. The van der Waals surface area contributed by atoms with E-state index in [1.807, 2.05) is 0 Å². The van der Waals surface area contributed by atoms with E-state index in [0.717, 1.165) is 5.56 Å². The highest BCUT2D eigenvalue weighted by Crippen LogP contribution is 2.05. The molecule has 38 heavy (non-hydrogen) atoms. The van der Waals surface area contributed by atoms with Crippen LogP contribution in [0.3, 0.4) is 0 Å². The van der Waals surface area contributed by atoms with Crippen molar-refractivity contribution in [1.82, 2.24) is 31.9 Å². The van der Waals surface area contributed by atoms with Crippen molar-refractivity contribution < 1.29 is 33.6 Å². The zero-order chi connectivity index (χ0) is 28.1. The Morgan fingerprint density at radius 3 is 2.32 bits per heavy atom. The number of hydrogen-bond acceptors (Lipinski definition) is 7. The van der Waals surface area contributed by atoms with E-state index >= 15 is 0 Å². The van der Waals surface area contributed by atoms with Crippen LogP contribution in [-0.4, -0.2) is 79.1 Å². The Labute approximate surface area is 219 Å². The summed E-state index contributed by atoms with van der Waals surface area (Å²) in [5, 5.41) is 14.8. The molecular formula is C24H33N7O7. The number of primary amides is 1. The van der Waals surface area contributed by atoms with E-state index in [9.17, 15) is 33.6 Å². The third-order valence-electron chi connectivity index (χ3n) is 5.58. The Morgan fingerprint density at radius 2 is 1.66 bits per heavy atom. The van der Waals surface area contributed by atoms with Gasteiger partial charge in [-0.15, -0.1) is 0 Å². The van der Waals surface area contributed by atoms with Crippen LogP contribution < -0.4 is 37.6 Å². The van der Waals surface area contributed by atoms with Gasteiger partial charge >= 0.3 is 0 Å². The lowest BCUT2D eigenvalue weighted by Crippen LogP contribution is -2.56. The number of nitrogens with one attached hydrogen (secondary N) is 6. The summed E-state index contributed by atoms with van der Waals surface area (Å²) in [6.45, 7) is 0.315. The third-order valence-corrected chi connectivity index (χ3v) is 5.58. The first kappa shape index (κ1) is 29.7. The minimum atomic E-state index is -1.18. The van der Waals surface area contributed by atoms with Gasteiger partial charge in [-0.25, -0.2) is 0 Å². The van der Waals surface area contributed by atoms with Gasteiger partial charge < -0.3 is 37.6 Å². The van der Waals surface area contributed by atoms with Crippen molar-refractivity contribution in [2.75, 3.05) is 19.6 Å². The first-order valence-electron chi connectivity index (χ1n) is 12.1. The molecule has 0 aliphatic carbocycles. The average molecular weight is 532 g/mol. The summed E-state index contributed by atoms with van der Waals surface area (Å²) in [5.41, 5.74) is 6.16. The molecule has 1 fully saturated rings. The summed E-state index contributed by atoms with van der Waals surface area (Å²) >= 11 is 0. The molecule has 2 rings (SSSR count). The topological polar surface area (TPSA) is 218 Å². The van der Waals surface area contributed by atoms with E-state index < -0.39 is 66.0 Å². The maximum Gasteiger partial charge on any atom is 0.243 e. The first-order valence-corrected chi connectivity index (χ1v) is 12.1. The number of nitrogens with two attached hydrogens (primary N) is 1. The predicted molar refractivity (Wildman–Crippen MR) is 134 cm³/mol. The molecule has 8 N–H and O–H groups in total. The molecule has 206 valence electrons. The molecule has 0 saturated carbocycles. The predicted octanol–water partition coefficient (Wildman–Crippen LogP) is -3.28. The highest BCUT2D eigenvalue weighted by Gasteiger charge is 2.28. The third kappa shape index (κ3) is 10.6. The normalized spacial score (nSPS) is 21.7. The van der Waals surface area contributed by atoms with Crippen LogP contribution in [0.4, 0.5) is 0 Å². The van der Waals surface area contributed by atoms with Gasteiger partial charge in [0.1, 0.15) is 18.1 Å². The quantitative estimate of drug-likeness (QED) is 0.198. The van der Waals surface area contributed by atoms with E-state index in [1.54, 1.807) is 30.3 Å². The van der Waals surface area contributed by atoms with Crippen LogP contribution in [0.1, 0.15) is 31.7 Å². The molecule has 1 aliphatic heterocycles. The van der Waals surface area contributed by atoms with Gasteiger partial charge in [0, 0.05) is 26.3 Å². The lowest BCUT2D eigenvalue weighted by Gasteiger charge is -2.23. The molecule has 14 heteroatoms. The summed E-state index contributed by atoms with van der Waals surface area (Å²) in [4.78, 5) is 85.8. The molecule has 0 aromatic heterocycles. The molecule has 7 amide bonds. The van der Waals surface area contributed by atoms with Crippen LogP contribution in [0.15, 0.2) is 30.3 Å². The van der Waals surface area contributed by atoms with E-state index in [2.05, 4.69) is 31.9 Å². The van der Waals surface area contributed by atoms with Crippen LogP contribution in [0.5, 0.6) is 0 Å². The summed E-state index contributed by atoms with van der Waals surface area (Å²) in [5.74, 6) is -4.48. The number of hydrogen-bond donors (Lipinski definition) is 7. The minimum Gasteiger partial charge on any atom is -0.368 e. The SMILES string of the molecule is CC(=O)NCC(=O)N[C@H]1CCC(=O)NCC[C@@H](C(N)=O)NC(=O)[C@@H](Cc2ccccc2)NC(=O)CNC1=O. The van der Waals surface area contributed by atoms with Crippen molar-refractivity contribution in [3.8, 4) is 0 Å². The van der Waals surface area contributed by atoms with Gasteiger partial charge in [0.25, 0.3) is 0 Å². The van der Waals surface area contributed by atoms with Crippen molar-refractivity contribution in [3.63, 3.8) is 0 Å². The average Bonchev–Trinajstić information content (AvgIpc) is 2.87. The van der Waals surface area contributed by atoms with Gasteiger partial charge in [-0.1, -0.05) is 30.3 Å². The molecule has 1 saturated heterocycles. The van der Waals surface area contributed by atoms with Crippen molar-refractivity contribution >= 4 is 41.4 Å². The van der Waals surface area contributed by atoms with Crippen molar-refractivity contribution in [3.05, 3.63) is 35.9 Å². The van der Waals surface area contributed by atoms with Gasteiger partial charge in [0.05, 0.1) is 13.1 Å². The fourth-order valence-corrected chi connectivity index (χ4v) is 3.59. The standard InChI is InChI=1S/C24H33N7O7/c1-14(32)27-12-20(34)29-17-7-8-19(33)26-10-9-16(22(25)36)31-24(38)18(11-15-5-3-2-4-6-15)30-21(35)13-28-23(17)37/h2-6,16-18H,7-13H2,1H3,(H2,25,36)(H,26,33)(H,27,32)(H,28,37)(H,29,34)(H,30,35)(H,31,38)/t16-,17-,18+/m0/s1. The molecule has 1 aliphatic rings. The molecule has 3 atom stereocenters. The van der Waals surface area contributed by atoms with E-state index in [0.29, 0.717) is 0 Å². The van der Waals surface area contributed by atoms with E-state index in [1.165, 1.54) is 6.92 Å². The molecule has 0 unspecified atom stereocenters. The van der Waals surface area contributed by atoms with Gasteiger partial charge in [-0.3, -0.25) is 33.6 Å². The summed E-state index contributed by atoms with van der Waals surface area (Å²) < 4.78 is 0. The monoisotopic (exact) mass is 531 g/mol. The Morgan fingerprint density at radius 1 is 0.947 bits per heavy atom. The zero-order valence-electron chi connectivity index (χ0n) is 21.0. The Kier molecular flexibility index (Phi) is 11.7. The largest absolute Gasteiger partial charge is 0.368 e.